The van der Waals surface area contributed by atoms with Crippen LogP contribution in [0.2, 0.25) is 5.02 Å². The van der Waals surface area contributed by atoms with E-state index in [-0.39, 0.29) is 5.56 Å². The van der Waals surface area contributed by atoms with Crippen LogP contribution < -0.4 is 14.9 Å². The van der Waals surface area contributed by atoms with Gasteiger partial charge in [0.2, 0.25) is 0 Å². The van der Waals surface area contributed by atoms with Gasteiger partial charge in [-0.15, -0.1) is 11.3 Å². The van der Waals surface area contributed by atoms with Gasteiger partial charge in [-0.2, -0.15) is 0 Å². The number of carbonyl (C=O) groups is 1. The van der Waals surface area contributed by atoms with Crippen LogP contribution in [0, 0.1) is 6.92 Å². The van der Waals surface area contributed by atoms with Gasteiger partial charge in [0.15, 0.2) is 4.80 Å². The summed E-state index contributed by atoms with van der Waals surface area (Å²) in [4.78, 5) is 32.1. The van der Waals surface area contributed by atoms with Crippen molar-refractivity contribution < 1.29 is 9.53 Å². The highest BCUT2D eigenvalue weighted by Gasteiger charge is 2.34. The molecule has 1 atom stereocenters. The summed E-state index contributed by atoms with van der Waals surface area (Å²) in [7, 11) is 1.32. The maximum atomic E-state index is 13.4. The number of ether oxygens (including phenoxy) is 1. The second-order valence-electron chi connectivity index (χ2n) is 6.56. The topological polar surface area (TPSA) is 60.7 Å². The number of thiophene rings is 1. The molecule has 0 fully saturated rings. The van der Waals surface area contributed by atoms with Gasteiger partial charge in [-0.05, 0) is 48.6 Å². The summed E-state index contributed by atoms with van der Waals surface area (Å²) in [5, 5.41) is 2.46. The van der Waals surface area contributed by atoms with Gasteiger partial charge in [0.05, 0.1) is 22.9 Å². The minimum absolute atomic E-state index is 0.208. The fraction of sp³-hybridized carbons (Fsp3) is 0.190. The highest BCUT2D eigenvalue weighted by Crippen LogP contribution is 2.34. The van der Waals surface area contributed by atoms with E-state index in [1.165, 1.54) is 18.4 Å². The third kappa shape index (κ3) is 3.39. The number of halogens is 1. The van der Waals surface area contributed by atoms with Crippen molar-refractivity contribution in [2.75, 3.05) is 7.11 Å². The number of allylic oxidation sites excluding steroid dienone is 1. The van der Waals surface area contributed by atoms with E-state index in [1.807, 2.05) is 42.6 Å². The molecular formula is C21H17ClN2O3S2. The third-order valence-electron chi connectivity index (χ3n) is 4.79. The van der Waals surface area contributed by atoms with Gasteiger partial charge in [-0.25, -0.2) is 9.79 Å². The van der Waals surface area contributed by atoms with E-state index >= 15 is 0 Å². The van der Waals surface area contributed by atoms with E-state index in [9.17, 15) is 9.59 Å². The van der Waals surface area contributed by atoms with Crippen LogP contribution in [0.25, 0.3) is 6.08 Å². The van der Waals surface area contributed by atoms with E-state index < -0.39 is 12.0 Å². The van der Waals surface area contributed by atoms with Crippen molar-refractivity contribution in [3.63, 3.8) is 0 Å². The normalized spacial score (nSPS) is 16.6. The molecule has 0 bridgehead atoms. The number of thiazole rings is 1. The predicted molar refractivity (Wildman–Crippen MR) is 116 cm³/mol. The number of aromatic nitrogens is 1. The van der Waals surface area contributed by atoms with Crippen LogP contribution in [-0.2, 0) is 9.53 Å². The maximum absolute atomic E-state index is 13.4. The van der Waals surface area contributed by atoms with Crippen molar-refractivity contribution >= 4 is 46.3 Å². The summed E-state index contributed by atoms with van der Waals surface area (Å²) >= 11 is 9.34. The van der Waals surface area contributed by atoms with Gasteiger partial charge in [0.1, 0.15) is 6.04 Å². The number of aryl methyl sites for hydroxylation is 1. The molecule has 8 heteroatoms. The molecule has 29 heavy (non-hydrogen) atoms. The van der Waals surface area contributed by atoms with E-state index in [2.05, 4.69) is 4.99 Å². The molecular weight excluding hydrogens is 428 g/mol. The minimum Gasteiger partial charge on any atom is -0.466 e. The fourth-order valence-electron chi connectivity index (χ4n) is 3.34. The lowest BCUT2D eigenvalue weighted by Crippen LogP contribution is -2.39. The van der Waals surface area contributed by atoms with E-state index in [0.29, 0.717) is 31.2 Å². The van der Waals surface area contributed by atoms with E-state index in [0.717, 1.165) is 10.4 Å². The van der Waals surface area contributed by atoms with Gasteiger partial charge in [0, 0.05) is 9.90 Å². The minimum atomic E-state index is -0.695. The molecule has 3 heterocycles. The number of carbonyl (C=O) groups excluding carboxylic acids is 1. The Balaban J connectivity index is 2.03. The Morgan fingerprint density at radius 1 is 1.28 bits per heavy atom. The lowest BCUT2D eigenvalue weighted by molar-refractivity contribution is -0.136. The molecule has 0 N–H and O–H groups in total. The van der Waals surface area contributed by atoms with Gasteiger partial charge in [-0.1, -0.05) is 41.1 Å². The number of hydrogen-bond acceptors (Lipinski definition) is 6. The Labute approximate surface area is 179 Å². The molecule has 2 aromatic heterocycles. The van der Waals surface area contributed by atoms with Crippen molar-refractivity contribution in [3.8, 4) is 0 Å². The first-order valence-electron chi connectivity index (χ1n) is 8.81. The standard InChI is InChI=1S/C21H17ClN2O3S2/c1-11-8-9-28-15(11)10-16-19(25)24-18(13-6-4-5-7-14(13)22)17(20(26)27-3)12(2)23-21(24)29-16/h4-10,18H,1-3H3/b16-10+. The summed E-state index contributed by atoms with van der Waals surface area (Å²) < 4.78 is 7.10. The summed E-state index contributed by atoms with van der Waals surface area (Å²) in [5.41, 5.74) is 2.38. The van der Waals surface area contributed by atoms with Gasteiger partial charge in [-0.3, -0.25) is 9.36 Å². The van der Waals surface area contributed by atoms with Gasteiger partial charge >= 0.3 is 5.97 Å². The quantitative estimate of drug-likeness (QED) is 0.581. The van der Waals surface area contributed by atoms with Crippen LogP contribution in [0.15, 0.2) is 56.8 Å². The number of hydrogen-bond donors (Lipinski definition) is 0. The van der Waals surface area contributed by atoms with Crippen molar-refractivity contribution in [1.29, 1.82) is 0 Å². The van der Waals surface area contributed by atoms with Crippen LogP contribution in [0.5, 0.6) is 0 Å². The second-order valence-corrected chi connectivity index (χ2v) is 8.93. The van der Waals surface area contributed by atoms with Crippen LogP contribution >= 0.6 is 34.3 Å². The number of benzene rings is 1. The lowest BCUT2D eigenvalue weighted by atomic mass is 9.96. The number of esters is 1. The smallest absolute Gasteiger partial charge is 0.338 e. The van der Waals surface area contributed by atoms with Crippen LogP contribution in [0.3, 0.4) is 0 Å². The molecule has 1 aliphatic rings. The summed E-state index contributed by atoms with van der Waals surface area (Å²) in [5.74, 6) is -0.528. The summed E-state index contributed by atoms with van der Waals surface area (Å²) in [6.07, 6.45) is 1.88. The fourth-order valence-corrected chi connectivity index (χ4v) is 5.54. The lowest BCUT2D eigenvalue weighted by Gasteiger charge is -2.25. The van der Waals surface area contributed by atoms with Crippen LogP contribution in [-0.4, -0.2) is 17.6 Å². The Morgan fingerprint density at radius 3 is 2.69 bits per heavy atom. The molecule has 0 amide bonds. The highest BCUT2D eigenvalue weighted by molar-refractivity contribution is 7.11. The molecule has 3 aromatic rings. The van der Waals surface area contributed by atoms with Crippen LogP contribution in [0.4, 0.5) is 0 Å². The number of nitrogens with zero attached hydrogens (tertiary/aromatic N) is 2. The number of methoxy groups -OCH3 is 1. The molecule has 0 saturated heterocycles. The van der Waals surface area contributed by atoms with Crippen molar-refractivity contribution in [2.24, 2.45) is 4.99 Å². The van der Waals surface area contributed by atoms with E-state index in [1.54, 1.807) is 28.9 Å². The molecule has 0 aliphatic carbocycles. The Morgan fingerprint density at radius 2 is 2.03 bits per heavy atom. The molecule has 148 valence electrons. The molecule has 1 unspecified atom stereocenters. The molecule has 0 saturated carbocycles. The van der Waals surface area contributed by atoms with Crippen molar-refractivity contribution in [3.05, 3.63) is 87.7 Å². The third-order valence-corrected chi connectivity index (χ3v) is 7.08. The summed E-state index contributed by atoms with van der Waals surface area (Å²) in [6.45, 7) is 3.75. The molecule has 1 aromatic carbocycles. The molecule has 0 spiro atoms. The first-order chi connectivity index (χ1) is 13.9. The SMILES string of the molecule is COC(=O)C1=C(C)N=c2s/c(=C/c3sccc3C)c(=O)n2C1c1ccccc1Cl. The highest BCUT2D eigenvalue weighted by atomic mass is 35.5. The largest absolute Gasteiger partial charge is 0.466 e. The first kappa shape index (κ1) is 19.8. The van der Waals surface area contributed by atoms with Gasteiger partial charge in [0.25, 0.3) is 5.56 Å². The monoisotopic (exact) mass is 444 g/mol. The molecule has 4 rings (SSSR count). The zero-order chi connectivity index (χ0) is 20.7. The second kappa shape index (κ2) is 7.74. The summed E-state index contributed by atoms with van der Waals surface area (Å²) in [6, 6.07) is 8.51. The Bertz CT molecular complexity index is 1330. The van der Waals surface area contributed by atoms with Crippen LogP contribution in [0.1, 0.15) is 29.0 Å². The van der Waals surface area contributed by atoms with E-state index in [4.69, 9.17) is 16.3 Å². The van der Waals surface area contributed by atoms with Crippen molar-refractivity contribution in [2.45, 2.75) is 19.9 Å². The Hall–Kier alpha value is -2.48. The number of rotatable bonds is 3. The maximum Gasteiger partial charge on any atom is 0.338 e. The van der Waals surface area contributed by atoms with Gasteiger partial charge < -0.3 is 4.74 Å². The number of fused-ring (bicyclic) bond motifs is 1. The molecule has 5 nitrogen and oxygen atoms in total. The predicted octanol–water partition coefficient (Wildman–Crippen LogP) is 3.43. The zero-order valence-electron chi connectivity index (χ0n) is 15.9. The molecule has 1 aliphatic heterocycles. The average molecular weight is 445 g/mol. The average Bonchev–Trinajstić information content (AvgIpc) is 3.24. The van der Waals surface area contributed by atoms with Crippen molar-refractivity contribution in [1.82, 2.24) is 4.57 Å². The Kier molecular flexibility index (Phi) is 5.29. The molecule has 0 radical (unpaired) electrons. The first-order valence-corrected chi connectivity index (χ1v) is 10.9. The zero-order valence-corrected chi connectivity index (χ0v) is 18.3.